The summed E-state index contributed by atoms with van der Waals surface area (Å²) < 4.78 is 4.76. The molecule has 0 bridgehead atoms. The van der Waals surface area contributed by atoms with Gasteiger partial charge < -0.3 is 34.7 Å². The molecule has 4 atom stereocenters. The Kier molecular flexibility index (Phi) is 13.4. The maximum absolute atomic E-state index is 13.5. The van der Waals surface area contributed by atoms with Gasteiger partial charge in [0.15, 0.2) is 0 Å². The topological polar surface area (TPSA) is 167 Å². The highest BCUT2D eigenvalue weighted by molar-refractivity contribution is 5.87. The molecule has 2 aromatic carbocycles. The van der Waals surface area contributed by atoms with Crippen LogP contribution in [-0.2, 0) is 49.8 Å². The SMILES string of the molecule is COOC=N[C@H](C(=O)N1CCC[C@H]1c1ncc(CCc2ccc3cc(CCc4cnc([C@@H]5CCCN5C(=O)[C@@H](NC(=O)OC)C(C)C)[nH]4)ccc3c2)[nH]1)C(C)C. The van der Waals surface area contributed by atoms with Crippen molar-refractivity contribution < 1.29 is 28.9 Å². The van der Waals surface area contributed by atoms with Crippen molar-refractivity contribution in [1.29, 1.82) is 0 Å². The number of carbonyl (C=O) groups excluding carboxylic acids is 3. The summed E-state index contributed by atoms with van der Waals surface area (Å²) in [4.78, 5) is 72.8. The van der Waals surface area contributed by atoms with E-state index in [-0.39, 0.29) is 35.7 Å². The minimum absolute atomic E-state index is 0.00947. The first-order chi connectivity index (χ1) is 27.1. The minimum atomic E-state index is -0.660. The van der Waals surface area contributed by atoms with Crippen molar-refractivity contribution in [2.24, 2.45) is 16.8 Å². The normalized spacial score (nSPS) is 18.4. The molecule has 0 unspecified atom stereocenters. The maximum Gasteiger partial charge on any atom is 0.407 e. The van der Waals surface area contributed by atoms with Gasteiger partial charge >= 0.3 is 6.09 Å². The molecule has 0 spiro atoms. The molecule has 4 heterocycles. The van der Waals surface area contributed by atoms with Crippen LogP contribution in [-0.4, -0.2) is 93.4 Å². The number of hydrogen-bond donors (Lipinski definition) is 3. The zero-order chi connectivity index (χ0) is 39.8. The van der Waals surface area contributed by atoms with Gasteiger partial charge in [0.2, 0.25) is 18.2 Å². The van der Waals surface area contributed by atoms with Crippen molar-refractivity contribution in [3.63, 3.8) is 0 Å². The second-order valence-electron chi connectivity index (χ2n) is 15.5. The Bertz CT molecular complexity index is 1990. The number of ether oxygens (including phenoxy) is 1. The second-order valence-corrected chi connectivity index (χ2v) is 15.5. The molecular weight excluding hydrogens is 713 g/mol. The number of aliphatic imine (C=N–C) groups is 1. The molecule has 0 radical (unpaired) electrons. The number of aromatic nitrogens is 4. The molecule has 56 heavy (non-hydrogen) atoms. The van der Waals surface area contributed by atoms with E-state index in [0.29, 0.717) is 13.1 Å². The summed E-state index contributed by atoms with van der Waals surface area (Å²) in [6.45, 7) is 9.08. The number of benzene rings is 2. The van der Waals surface area contributed by atoms with Gasteiger partial charge in [-0.15, -0.1) is 0 Å². The fourth-order valence-electron chi connectivity index (χ4n) is 7.89. The number of hydrogen-bond acceptors (Lipinski definition) is 9. The first-order valence-electron chi connectivity index (χ1n) is 19.8. The van der Waals surface area contributed by atoms with Crippen LogP contribution in [0.5, 0.6) is 0 Å². The monoisotopic (exact) mass is 768 g/mol. The lowest BCUT2D eigenvalue weighted by Crippen LogP contribution is -2.51. The zero-order valence-corrected chi connectivity index (χ0v) is 33.4. The van der Waals surface area contributed by atoms with E-state index in [1.54, 1.807) is 0 Å². The Balaban J connectivity index is 1.02. The number of aryl methyl sites for hydroxylation is 4. The van der Waals surface area contributed by atoms with Crippen LogP contribution in [0.25, 0.3) is 10.8 Å². The van der Waals surface area contributed by atoms with Crippen molar-refractivity contribution in [1.82, 2.24) is 35.1 Å². The predicted molar refractivity (Wildman–Crippen MR) is 213 cm³/mol. The summed E-state index contributed by atoms with van der Waals surface area (Å²) in [6.07, 6.45) is 11.2. The maximum atomic E-state index is 13.5. The third-order valence-corrected chi connectivity index (χ3v) is 11.0. The molecule has 2 aliphatic heterocycles. The Morgan fingerprint density at radius 3 is 1.82 bits per heavy atom. The van der Waals surface area contributed by atoms with Crippen LogP contribution in [0.15, 0.2) is 53.8 Å². The van der Waals surface area contributed by atoms with Gasteiger partial charge in [0.25, 0.3) is 0 Å². The van der Waals surface area contributed by atoms with Gasteiger partial charge in [0, 0.05) is 36.9 Å². The van der Waals surface area contributed by atoms with E-state index >= 15 is 0 Å². The number of imidazole rings is 2. The van der Waals surface area contributed by atoms with Crippen molar-refractivity contribution in [3.8, 4) is 0 Å². The van der Waals surface area contributed by atoms with Gasteiger partial charge in [-0.25, -0.2) is 19.8 Å². The van der Waals surface area contributed by atoms with Gasteiger partial charge in [-0.2, -0.15) is 4.89 Å². The molecule has 6 rings (SSSR count). The predicted octanol–water partition coefficient (Wildman–Crippen LogP) is 6.19. The number of amides is 3. The number of methoxy groups -OCH3 is 1. The quantitative estimate of drug-likeness (QED) is 0.0525. The number of aromatic amines is 2. The standard InChI is InChI=1S/C42H56N8O6/c1-26(2)36(45-25-56-55-6)40(51)49-19-7-9-34(49)38-43-23-32(46-38)17-13-28-11-15-31-22-29(12-16-30(31)21-28)14-18-33-24-44-39(47-33)35-10-8-20-50(35)41(52)37(27(3)4)48-42(53)54-5/h11-12,15-16,21-27,34-37H,7-10,13-14,17-20H2,1-6H3,(H,43,46)(H,44,47)(H,48,53)/t34-,35-,36-,37-/m0/s1. The molecule has 3 N–H and O–H groups in total. The van der Waals surface area contributed by atoms with Gasteiger partial charge in [-0.3, -0.25) is 9.59 Å². The lowest BCUT2D eigenvalue weighted by atomic mass is 9.99. The minimum Gasteiger partial charge on any atom is -0.453 e. The first-order valence-corrected chi connectivity index (χ1v) is 19.8. The average Bonchev–Trinajstić information content (AvgIpc) is 4.03. The number of fused-ring (bicyclic) bond motifs is 1. The van der Waals surface area contributed by atoms with Gasteiger partial charge in [-0.05, 0) is 85.1 Å². The van der Waals surface area contributed by atoms with Crippen LogP contribution >= 0.6 is 0 Å². The summed E-state index contributed by atoms with van der Waals surface area (Å²) in [7, 11) is 2.70. The summed E-state index contributed by atoms with van der Waals surface area (Å²) in [6, 6.07) is 11.8. The molecule has 2 fully saturated rings. The summed E-state index contributed by atoms with van der Waals surface area (Å²) in [5.74, 6) is 1.40. The van der Waals surface area contributed by atoms with Crippen LogP contribution in [0.1, 0.15) is 99.6 Å². The number of alkyl carbamates (subject to hydrolysis) is 1. The van der Waals surface area contributed by atoms with Crippen LogP contribution < -0.4 is 5.32 Å². The molecule has 2 saturated heterocycles. The van der Waals surface area contributed by atoms with Crippen LogP contribution in [0.2, 0.25) is 0 Å². The number of rotatable bonds is 16. The van der Waals surface area contributed by atoms with Gasteiger partial charge in [0.1, 0.15) is 23.7 Å². The largest absolute Gasteiger partial charge is 0.453 e. The van der Waals surface area contributed by atoms with Crippen molar-refractivity contribution in [2.45, 2.75) is 103 Å². The van der Waals surface area contributed by atoms with Crippen LogP contribution in [0.4, 0.5) is 4.79 Å². The second kappa shape index (κ2) is 18.6. The molecule has 300 valence electrons. The van der Waals surface area contributed by atoms with E-state index < -0.39 is 18.2 Å². The Morgan fingerprint density at radius 2 is 1.34 bits per heavy atom. The summed E-state index contributed by atoms with van der Waals surface area (Å²) in [5.41, 5.74) is 4.57. The lowest BCUT2D eigenvalue weighted by molar-refractivity contribution is -0.188. The van der Waals surface area contributed by atoms with E-state index in [4.69, 9.17) is 14.6 Å². The zero-order valence-electron chi connectivity index (χ0n) is 33.4. The number of nitrogens with one attached hydrogen (secondary N) is 3. The third-order valence-electron chi connectivity index (χ3n) is 11.0. The molecule has 0 aliphatic carbocycles. The smallest absolute Gasteiger partial charge is 0.407 e. The number of carbonyl (C=O) groups is 3. The molecule has 14 heteroatoms. The van der Waals surface area contributed by atoms with Crippen molar-refractivity contribution in [2.75, 3.05) is 27.3 Å². The molecule has 2 aromatic heterocycles. The Hall–Kier alpha value is -5.24. The highest BCUT2D eigenvalue weighted by Gasteiger charge is 2.38. The Morgan fingerprint density at radius 1 is 0.804 bits per heavy atom. The van der Waals surface area contributed by atoms with Crippen molar-refractivity contribution >= 4 is 35.1 Å². The van der Waals surface area contributed by atoms with Crippen LogP contribution in [0, 0.1) is 11.8 Å². The number of H-pyrrole nitrogens is 2. The third kappa shape index (κ3) is 9.58. The average molecular weight is 769 g/mol. The van der Waals surface area contributed by atoms with Gasteiger partial charge in [-0.1, -0.05) is 64.1 Å². The number of likely N-dealkylation sites (tertiary alicyclic amines) is 2. The van der Waals surface area contributed by atoms with Crippen LogP contribution in [0.3, 0.4) is 0 Å². The fraction of sp³-hybridized carbons (Fsp3) is 0.524. The van der Waals surface area contributed by atoms with E-state index in [1.165, 1.54) is 42.5 Å². The highest BCUT2D eigenvalue weighted by atomic mass is 17.2. The van der Waals surface area contributed by atoms with Crippen molar-refractivity contribution in [3.05, 3.63) is 83.0 Å². The molecular formula is C42H56N8O6. The first kappa shape index (κ1) is 40.4. The molecule has 2 aliphatic rings. The molecule has 3 amide bonds. The fourth-order valence-corrected chi connectivity index (χ4v) is 7.89. The van der Waals surface area contributed by atoms with Gasteiger partial charge in [0.05, 0.1) is 26.3 Å². The van der Waals surface area contributed by atoms with E-state index in [9.17, 15) is 14.4 Å². The summed E-state index contributed by atoms with van der Waals surface area (Å²) in [5, 5.41) is 5.11. The molecule has 14 nitrogen and oxygen atoms in total. The number of nitrogens with zero attached hydrogens (tertiary/aromatic N) is 5. The lowest BCUT2D eigenvalue weighted by Gasteiger charge is -2.30. The van der Waals surface area contributed by atoms with E-state index in [1.807, 2.05) is 49.9 Å². The highest BCUT2D eigenvalue weighted by Crippen LogP contribution is 2.33. The Labute approximate surface area is 328 Å². The van der Waals surface area contributed by atoms with E-state index in [2.05, 4.69) is 66.5 Å². The molecule has 0 saturated carbocycles. The summed E-state index contributed by atoms with van der Waals surface area (Å²) >= 11 is 0. The van der Waals surface area contributed by atoms with E-state index in [0.717, 1.165) is 74.4 Å². The molecule has 4 aromatic rings.